The fourth-order valence-corrected chi connectivity index (χ4v) is 8.07. The first-order valence-electron chi connectivity index (χ1n) is 15.5. The molecule has 0 radical (unpaired) electrons. The monoisotopic (exact) mass is 705 g/mol. The van der Waals surface area contributed by atoms with E-state index in [1.165, 1.54) is 23.1 Å². The molecule has 3 heterocycles. The number of carbonyl (C=O) groups excluding carboxylic acids is 1. The number of halogens is 3. The zero-order valence-corrected chi connectivity index (χ0v) is 28.8. The molecule has 13 heteroatoms. The van der Waals surface area contributed by atoms with Gasteiger partial charge in [0.25, 0.3) is 5.91 Å². The number of carbonyl (C=O) groups is 1. The summed E-state index contributed by atoms with van der Waals surface area (Å²) < 4.78 is 55.1. The van der Waals surface area contributed by atoms with Crippen molar-refractivity contribution in [3.05, 3.63) is 98.3 Å². The molecule has 0 aliphatic carbocycles. The van der Waals surface area contributed by atoms with Gasteiger partial charge in [0.15, 0.2) is 9.84 Å². The summed E-state index contributed by atoms with van der Waals surface area (Å²) in [6, 6.07) is 13.8. The maximum atomic E-state index is 16.9. The van der Waals surface area contributed by atoms with Crippen LogP contribution in [0.1, 0.15) is 46.0 Å². The molecule has 3 aromatic carbocycles. The van der Waals surface area contributed by atoms with Gasteiger partial charge in [-0.1, -0.05) is 41.4 Å². The Morgan fingerprint density at radius 2 is 1.74 bits per heavy atom. The number of hydrogen-bond donors (Lipinski definition) is 1. The van der Waals surface area contributed by atoms with Crippen molar-refractivity contribution < 1.29 is 32.2 Å². The number of sulfone groups is 1. The molecule has 0 spiro atoms. The highest BCUT2D eigenvalue weighted by Crippen LogP contribution is 2.50. The summed E-state index contributed by atoms with van der Waals surface area (Å²) >= 11 is 12.5. The molecule has 1 N–H and O–H groups in total. The van der Waals surface area contributed by atoms with Crippen molar-refractivity contribution in [3.8, 4) is 0 Å². The number of likely N-dealkylation sites (N-methyl/N-ethyl adjacent to an activating group) is 1. The predicted molar refractivity (Wildman–Crippen MR) is 177 cm³/mol. The number of ether oxygens (including phenoxy) is 2. The van der Waals surface area contributed by atoms with Crippen LogP contribution in [0.25, 0.3) is 0 Å². The van der Waals surface area contributed by atoms with Gasteiger partial charge in [0, 0.05) is 61.2 Å². The fourth-order valence-electron chi connectivity index (χ4n) is 6.76. The Balaban J connectivity index is 1.53. The number of piperazine rings is 1. The lowest BCUT2D eigenvalue weighted by molar-refractivity contribution is -0.148. The van der Waals surface area contributed by atoms with Crippen molar-refractivity contribution in [1.29, 1.82) is 0 Å². The Bertz CT molecular complexity index is 1780. The zero-order chi connectivity index (χ0) is 33.7. The van der Waals surface area contributed by atoms with Gasteiger partial charge >= 0.3 is 0 Å². The second-order valence-corrected chi connectivity index (χ2v) is 15.8. The van der Waals surface area contributed by atoms with Gasteiger partial charge in [-0.15, -0.1) is 0 Å². The third-order valence-electron chi connectivity index (χ3n) is 9.25. The molecule has 0 saturated carbocycles. The second kappa shape index (κ2) is 13.0. The van der Waals surface area contributed by atoms with Crippen LogP contribution < -0.4 is 0 Å². The van der Waals surface area contributed by atoms with Gasteiger partial charge in [-0.25, -0.2) is 12.8 Å². The van der Waals surface area contributed by atoms with Gasteiger partial charge in [0.05, 0.1) is 40.9 Å². The van der Waals surface area contributed by atoms with Crippen LogP contribution in [0.2, 0.25) is 10.0 Å². The van der Waals surface area contributed by atoms with E-state index in [0.29, 0.717) is 23.6 Å². The van der Waals surface area contributed by atoms with Crippen LogP contribution >= 0.6 is 23.2 Å². The van der Waals surface area contributed by atoms with E-state index in [9.17, 15) is 18.3 Å². The number of fused-ring (bicyclic) bond motifs is 1. The molecule has 1 amide bonds. The minimum atomic E-state index is -3.78. The summed E-state index contributed by atoms with van der Waals surface area (Å²) in [6.45, 7) is 5.43. The van der Waals surface area contributed by atoms with E-state index in [-0.39, 0.29) is 51.9 Å². The largest absolute Gasteiger partial charge is 0.384 e. The van der Waals surface area contributed by atoms with Crippen molar-refractivity contribution in [3.63, 3.8) is 0 Å². The predicted octanol–water partition coefficient (Wildman–Crippen LogP) is 4.65. The minimum Gasteiger partial charge on any atom is -0.384 e. The second-order valence-electron chi connectivity index (χ2n) is 12.9. The lowest BCUT2D eigenvalue weighted by Crippen LogP contribution is -2.49. The van der Waals surface area contributed by atoms with Crippen molar-refractivity contribution in [2.24, 2.45) is 0 Å². The standard InChI is InChI=1S/C34H38Cl2FN3O6S/c1-33(42,21-39-13-11-38(2)12-14-39)24-16-28-31(29(37)17-24)34(46-27-10-15-45-20-27,23-5-8-25(35)9-6-23)40(32(28)41)19-22-4-7-26(36)18-30(22)47(3,43)44/h4-9,16-18,27,42H,10-15,19-21H2,1-3H3/t27-,33-,34-/m1/s1. The Kier molecular flexibility index (Phi) is 9.49. The molecule has 9 nitrogen and oxygen atoms in total. The topological polar surface area (TPSA) is 99.6 Å². The van der Waals surface area contributed by atoms with Crippen molar-refractivity contribution in [2.75, 3.05) is 59.2 Å². The number of hydrogen-bond acceptors (Lipinski definition) is 8. The van der Waals surface area contributed by atoms with Crippen molar-refractivity contribution >= 4 is 38.9 Å². The maximum Gasteiger partial charge on any atom is 0.257 e. The van der Waals surface area contributed by atoms with E-state index in [1.807, 2.05) is 7.05 Å². The summed E-state index contributed by atoms with van der Waals surface area (Å²) in [5, 5.41) is 12.4. The molecule has 0 aromatic heterocycles. The van der Waals surface area contributed by atoms with Crippen LogP contribution in [0.15, 0.2) is 59.5 Å². The third-order valence-corrected chi connectivity index (χ3v) is 10.9. The quantitative estimate of drug-likeness (QED) is 0.344. The smallest absolute Gasteiger partial charge is 0.257 e. The van der Waals surface area contributed by atoms with Crippen LogP contribution in [0, 0.1) is 5.82 Å². The van der Waals surface area contributed by atoms with Gasteiger partial charge in [-0.3, -0.25) is 14.6 Å². The Labute approximate surface area is 284 Å². The van der Waals surface area contributed by atoms with E-state index in [0.717, 1.165) is 32.4 Å². The first-order chi connectivity index (χ1) is 22.2. The van der Waals surface area contributed by atoms with Gasteiger partial charge in [-0.2, -0.15) is 0 Å². The van der Waals surface area contributed by atoms with E-state index < -0.39 is 39.0 Å². The highest BCUT2D eigenvalue weighted by Gasteiger charge is 2.56. The first kappa shape index (κ1) is 34.3. The number of rotatable bonds is 9. The molecule has 3 atom stereocenters. The fraction of sp³-hybridized carbons (Fsp3) is 0.441. The Morgan fingerprint density at radius 3 is 2.38 bits per heavy atom. The zero-order valence-electron chi connectivity index (χ0n) is 26.5. The van der Waals surface area contributed by atoms with Gasteiger partial charge < -0.3 is 19.5 Å². The molecule has 3 aromatic rings. The number of β-amino-alcohol motifs (C(OH)–C–C–N with tert-alkyl or cyclic N) is 1. The number of amides is 1. The summed E-state index contributed by atoms with van der Waals surface area (Å²) in [6.07, 6.45) is 1.06. The van der Waals surface area contributed by atoms with Crippen molar-refractivity contribution in [1.82, 2.24) is 14.7 Å². The number of benzene rings is 3. The molecule has 252 valence electrons. The molecule has 3 aliphatic heterocycles. The molecule has 0 bridgehead atoms. The normalized spacial score (nSPS) is 23.7. The van der Waals surface area contributed by atoms with E-state index in [1.54, 1.807) is 43.3 Å². The lowest BCUT2D eigenvalue weighted by atomic mass is 9.87. The molecule has 3 aliphatic rings. The molecule has 6 rings (SSSR count). The summed E-state index contributed by atoms with van der Waals surface area (Å²) in [7, 11) is -1.74. The Morgan fingerprint density at radius 1 is 1.06 bits per heavy atom. The Hall–Kier alpha value is -2.61. The minimum absolute atomic E-state index is 0.0161. The van der Waals surface area contributed by atoms with Gasteiger partial charge in [-0.05, 0) is 67.9 Å². The molecule has 0 unspecified atom stereocenters. The maximum absolute atomic E-state index is 16.9. The molecular formula is C34H38Cl2FN3O6S. The average Bonchev–Trinajstić information content (AvgIpc) is 3.60. The summed E-state index contributed by atoms with van der Waals surface area (Å²) in [5.41, 5.74) is -2.36. The van der Waals surface area contributed by atoms with Crippen molar-refractivity contribution in [2.45, 2.75) is 42.2 Å². The van der Waals surface area contributed by atoms with Gasteiger partial charge in [0.2, 0.25) is 5.72 Å². The molecule has 2 fully saturated rings. The van der Waals surface area contributed by atoms with Crippen LogP contribution in [-0.4, -0.2) is 99.5 Å². The highest BCUT2D eigenvalue weighted by molar-refractivity contribution is 7.90. The van der Waals surface area contributed by atoms with Crippen LogP contribution in [0.3, 0.4) is 0 Å². The SMILES string of the molecule is CN1CCN(C[C@@](C)(O)c2cc(F)c3c(c2)C(=O)N(Cc2ccc(Cl)cc2S(C)(=O)=O)[C@@]3(O[C@@H]2CCOC2)c2ccc(Cl)cc2)CC1. The highest BCUT2D eigenvalue weighted by atomic mass is 35.5. The number of nitrogens with zero attached hydrogens (tertiary/aromatic N) is 3. The third kappa shape index (κ3) is 6.69. The molecular weight excluding hydrogens is 668 g/mol. The van der Waals surface area contributed by atoms with Gasteiger partial charge in [0.1, 0.15) is 5.82 Å². The summed E-state index contributed by atoms with van der Waals surface area (Å²) in [4.78, 5) is 20.3. The molecule has 2 saturated heterocycles. The first-order valence-corrected chi connectivity index (χ1v) is 18.1. The van der Waals surface area contributed by atoms with Crippen LogP contribution in [0.5, 0.6) is 0 Å². The molecule has 47 heavy (non-hydrogen) atoms. The number of aliphatic hydroxyl groups is 1. The average molecular weight is 707 g/mol. The lowest BCUT2D eigenvalue weighted by Gasteiger charge is -2.41. The van der Waals surface area contributed by atoms with E-state index in [2.05, 4.69) is 9.80 Å². The summed E-state index contributed by atoms with van der Waals surface area (Å²) in [5.74, 6) is -1.32. The van der Waals surface area contributed by atoms with E-state index >= 15 is 4.39 Å². The van der Waals surface area contributed by atoms with E-state index in [4.69, 9.17) is 32.7 Å². The van der Waals surface area contributed by atoms with Crippen LogP contribution in [0.4, 0.5) is 4.39 Å². The van der Waals surface area contributed by atoms with Crippen LogP contribution in [-0.2, 0) is 37.2 Å².